The third-order valence-corrected chi connectivity index (χ3v) is 5.01. The topological polar surface area (TPSA) is 103 Å². The van der Waals surface area contributed by atoms with Crippen LogP contribution >= 0.6 is 0 Å². The zero-order chi connectivity index (χ0) is 23.4. The molecule has 0 saturated heterocycles. The summed E-state index contributed by atoms with van der Waals surface area (Å²) in [6.45, 7) is -0.759. The summed E-state index contributed by atoms with van der Waals surface area (Å²) >= 11 is 0. The van der Waals surface area contributed by atoms with E-state index in [0.29, 0.717) is 17.0 Å². The molecule has 2 N–H and O–H groups in total. The molecule has 1 aliphatic carbocycles. The number of aromatic nitrogens is 2. The van der Waals surface area contributed by atoms with Gasteiger partial charge >= 0.3 is 5.97 Å². The molecule has 172 valence electrons. The van der Waals surface area contributed by atoms with E-state index in [1.807, 2.05) is 0 Å². The van der Waals surface area contributed by atoms with Gasteiger partial charge in [0, 0.05) is 5.69 Å². The van der Waals surface area contributed by atoms with Crippen LogP contribution in [-0.2, 0) is 11.4 Å². The quantitative estimate of drug-likeness (QED) is 0.461. The van der Waals surface area contributed by atoms with Crippen LogP contribution in [0.1, 0.15) is 29.9 Å². The van der Waals surface area contributed by atoms with Crippen molar-refractivity contribution < 1.29 is 32.9 Å². The minimum absolute atomic E-state index is 0.00734. The maximum atomic E-state index is 14.8. The third kappa shape index (κ3) is 5.46. The minimum Gasteiger partial charge on any atom is -0.494 e. The van der Waals surface area contributed by atoms with Crippen molar-refractivity contribution in [3.8, 4) is 17.2 Å². The van der Waals surface area contributed by atoms with Crippen LogP contribution in [0, 0.1) is 11.6 Å². The molecule has 0 atom stereocenters. The largest absolute Gasteiger partial charge is 0.494 e. The lowest BCUT2D eigenvalue weighted by Gasteiger charge is -2.14. The van der Waals surface area contributed by atoms with Crippen LogP contribution in [0.2, 0.25) is 0 Å². The van der Waals surface area contributed by atoms with Crippen LogP contribution in [-0.4, -0.2) is 34.8 Å². The molecule has 0 radical (unpaired) electrons. The zero-order valence-corrected chi connectivity index (χ0v) is 17.7. The maximum absolute atomic E-state index is 14.8. The van der Waals surface area contributed by atoms with Gasteiger partial charge in [0.15, 0.2) is 23.9 Å². The first-order valence-electron chi connectivity index (χ1n) is 10.2. The molecule has 0 bridgehead atoms. The second-order valence-electron chi connectivity index (χ2n) is 7.41. The van der Waals surface area contributed by atoms with E-state index in [9.17, 15) is 13.6 Å². The van der Waals surface area contributed by atoms with Crippen molar-refractivity contribution in [3.05, 3.63) is 65.5 Å². The van der Waals surface area contributed by atoms with E-state index in [0.717, 1.165) is 12.8 Å². The number of carbonyl (C=O) groups is 1. The Morgan fingerprint density at radius 2 is 1.79 bits per heavy atom. The van der Waals surface area contributed by atoms with E-state index in [1.54, 1.807) is 24.3 Å². The van der Waals surface area contributed by atoms with Gasteiger partial charge in [-0.1, -0.05) is 0 Å². The van der Waals surface area contributed by atoms with Gasteiger partial charge in [0.2, 0.25) is 5.95 Å². The Labute approximate surface area is 188 Å². The Kier molecular flexibility index (Phi) is 6.53. The first-order valence-corrected chi connectivity index (χ1v) is 10.2. The Hall–Kier alpha value is -3.95. The van der Waals surface area contributed by atoms with E-state index < -0.39 is 24.2 Å². The first kappa shape index (κ1) is 22.3. The Balaban J connectivity index is 1.38. The molecular formula is C23H21F2N3O5. The molecule has 1 saturated carbocycles. The van der Waals surface area contributed by atoms with Gasteiger partial charge in [0.1, 0.15) is 18.2 Å². The van der Waals surface area contributed by atoms with Crippen LogP contribution in [0.25, 0.3) is 0 Å². The molecular weight excluding hydrogens is 436 g/mol. The summed E-state index contributed by atoms with van der Waals surface area (Å²) in [6, 6.07) is 7.99. The molecule has 1 aromatic heterocycles. The number of nitrogens with one attached hydrogen (secondary N) is 1. The number of carboxylic acid groups (broad SMARTS) is 1. The fourth-order valence-corrected chi connectivity index (χ4v) is 3.17. The highest BCUT2D eigenvalue weighted by atomic mass is 19.1. The van der Waals surface area contributed by atoms with Crippen molar-refractivity contribution in [1.29, 1.82) is 0 Å². The molecule has 33 heavy (non-hydrogen) atoms. The summed E-state index contributed by atoms with van der Waals surface area (Å²) in [4.78, 5) is 18.8. The predicted molar refractivity (Wildman–Crippen MR) is 114 cm³/mol. The molecule has 1 fully saturated rings. The monoisotopic (exact) mass is 457 g/mol. The highest BCUT2D eigenvalue weighted by Crippen LogP contribution is 2.44. The van der Waals surface area contributed by atoms with Crippen LogP contribution in [0.4, 0.5) is 20.4 Å². The normalized spacial score (nSPS) is 12.8. The number of methoxy groups -OCH3 is 1. The molecule has 0 amide bonds. The van der Waals surface area contributed by atoms with Gasteiger partial charge in [-0.25, -0.2) is 23.5 Å². The molecule has 1 aliphatic rings. The summed E-state index contributed by atoms with van der Waals surface area (Å²) < 4.78 is 45.1. The number of anilines is 2. The average Bonchev–Trinajstić information content (AvgIpc) is 3.65. The van der Waals surface area contributed by atoms with Crippen LogP contribution in [0.5, 0.6) is 17.2 Å². The van der Waals surface area contributed by atoms with Gasteiger partial charge in [0.05, 0.1) is 25.1 Å². The Morgan fingerprint density at radius 1 is 1.09 bits per heavy atom. The molecule has 10 heteroatoms. The van der Waals surface area contributed by atoms with E-state index in [4.69, 9.17) is 19.3 Å². The van der Waals surface area contributed by atoms with Crippen molar-refractivity contribution >= 4 is 17.6 Å². The highest BCUT2D eigenvalue weighted by Gasteiger charge is 2.30. The van der Waals surface area contributed by atoms with Gasteiger partial charge < -0.3 is 24.6 Å². The predicted octanol–water partition coefficient (Wildman–Crippen LogP) is 4.43. The fraction of sp³-hybridized carbons (Fsp3) is 0.261. The number of hydrogen-bond donors (Lipinski definition) is 2. The number of halogens is 2. The number of aliphatic carboxylic acids is 1. The van der Waals surface area contributed by atoms with Crippen LogP contribution in [0.3, 0.4) is 0 Å². The number of hydrogen-bond acceptors (Lipinski definition) is 7. The van der Waals surface area contributed by atoms with Crippen LogP contribution < -0.4 is 19.5 Å². The van der Waals surface area contributed by atoms with Gasteiger partial charge in [-0.2, -0.15) is 0 Å². The lowest BCUT2D eigenvalue weighted by molar-refractivity contribution is -0.139. The molecule has 0 spiro atoms. The van der Waals surface area contributed by atoms with Crippen LogP contribution in [0.15, 0.2) is 42.7 Å². The lowest BCUT2D eigenvalue weighted by Crippen LogP contribution is -2.09. The number of nitrogens with zero attached hydrogens (tertiary/aromatic N) is 2. The maximum Gasteiger partial charge on any atom is 0.341 e. The van der Waals surface area contributed by atoms with Gasteiger partial charge in [-0.3, -0.25) is 0 Å². The van der Waals surface area contributed by atoms with Crippen molar-refractivity contribution in [2.75, 3.05) is 19.0 Å². The van der Waals surface area contributed by atoms with Crippen molar-refractivity contribution in [1.82, 2.24) is 9.97 Å². The molecule has 0 aliphatic heterocycles. The Bertz CT molecular complexity index is 1140. The fourth-order valence-electron chi connectivity index (χ4n) is 3.17. The van der Waals surface area contributed by atoms with Crippen molar-refractivity contribution in [2.24, 2.45) is 0 Å². The van der Waals surface area contributed by atoms with Gasteiger partial charge in [-0.15, -0.1) is 0 Å². The Morgan fingerprint density at radius 3 is 2.39 bits per heavy atom. The second-order valence-corrected chi connectivity index (χ2v) is 7.41. The molecule has 4 rings (SSSR count). The molecule has 1 heterocycles. The van der Waals surface area contributed by atoms with E-state index in [-0.39, 0.29) is 35.5 Å². The summed E-state index contributed by atoms with van der Waals surface area (Å²) in [5.74, 6) is -1.44. The summed E-state index contributed by atoms with van der Waals surface area (Å²) in [5, 5.41) is 11.6. The third-order valence-electron chi connectivity index (χ3n) is 5.01. The van der Waals surface area contributed by atoms with Gasteiger partial charge in [-0.05, 0) is 54.7 Å². The van der Waals surface area contributed by atoms with E-state index in [2.05, 4.69) is 15.3 Å². The molecule has 8 nitrogen and oxygen atoms in total. The first-order chi connectivity index (χ1) is 15.9. The number of benzene rings is 2. The lowest BCUT2D eigenvalue weighted by atomic mass is 10.0. The number of rotatable bonds is 10. The SMILES string of the molecule is COc1cc(C2CC2)c(F)c(COc2cnc(Nc3ccc(OCC(=O)O)cc3)nc2)c1F. The van der Waals surface area contributed by atoms with Crippen molar-refractivity contribution in [3.63, 3.8) is 0 Å². The molecule has 2 aromatic carbocycles. The average molecular weight is 457 g/mol. The molecule has 0 unspecified atom stereocenters. The second kappa shape index (κ2) is 9.68. The summed E-state index contributed by atoms with van der Waals surface area (Å²) in [6.07, 6.45) is 4.51. The highest BCUT2D eigenvalue weighted by molar-refractivity contribution is 5.68. The standard InChI is InChI=1S/C23H21F2N3O5/c1-31-19-8-17(13-2-3-13)21(24)18(22(19)25)11-32-16-9-26-23(27-10-16)28-14-4-6-15(7-5-14)33-12-20(29)30/h4-10,13H,2-3,11-12H2,1H3,(H,29,30)(H,26,27,28). The summed E-state index contributed by atoms with van der Waals surface area (Å²) in [7, 11) is 1.34. The minimum atomic E-state index is -1.06. The summed E-state index contributed by atoms with van der Waals surface area (Å²) in [5.41, 5.74) is 0.908. The van der Waals surface area contributed by atoms with E-state index in [1.165, 1.54) is 25.6 Å². The van der Waals surface area contributed by atoms with Crippen molar-refractivity contribution in [2.45, 2.75) is 25.4 Å². The number of ether oxygens (including phenoxy) is 3. The van der Waals surface area contributed by atoms with Gasteiger partial charge in [0.25, 0.3) is 0 Å². The number of carboxylic acids is 1. The van der Waals surface area contributed by atoms with E-state index >= 15 is 0 Å². The smallest absolute Gasteiger partial charge is 0.341 e. The zero-order valence-electron chi connectivity index (χ0n) is 17.7. The molecule has 3 aromatic rings.